The lowest BCUT2D eigenvalue weighted by Crippen LogP contribution is -2.11. The summed E-state index contributed by atoms with van der Waals surface area (Å²) in [4.78, 5) is 2.38. The Labute approximate surface area is 322 Å². The van der Waals surface area contributed by atoms with Crippen molar-refractivity contribution in [3.63, 3.8) is 0 Å². The van der Waals surface area contributed by atoms with Crippen LogP contribution in [0, 0.1) is 0 Å². The third-order valence-electron chi connectivity index (χ3n) is 10.1. The Morgan fingerprint density at radius 3 is 1.11 bits per heavy atom. The maximum atomic E-state index is 6.36. The number of nitrogens with zero attached hydrogens (tertiary/aromatic N) is 1. The van der Waals surface area contributed by atoms with Crippen LogP contribution in [-0.4, -0.2) is 0 Å². The van der Waals surface area contributed by atoms with Crippen LogP contribution in [0.25, 0.3) is 66.4 Å². The summed E-state index contributed by atoms with van der Waals surface area (Å²) < 4.78 is 0. The number of hydrogen-bond donors (Lipinski definition) is 0. The molecule has 0 spiro atoms. The molecule has 2 heteroatoms. The predicted molar refractivity (Wildman–Crippen MR) is 231 cm³/mol. The highest BCUT2D eigenvalue weighted by Crippen LogP contribution is 2.45. The first kappa shape index (κ1) is 33.2. The summed E-state index contributed by atoms with van der Waals surface area (Å²) in [5.74, 6) is 0. The molecule has 1 nitrogen and oxygen atoms in total. The van der Waals surface area contributed by atoms with Crippen LogP contribution in [0.2, 0.25) is 5.02 Å². The van der Waals surface area contributed by atoms with Gasteiger partial charge in [-0.2, -0.15) is 0 Å². The molecule has 0 radical (unpaired) electrons. The third kappa shape index (κ3) is 6.58. The first-order chi connectivity index (χ1) is 26.7. The molecule has 0 amide bonds. The number of hydrogen-bond acceptors (Lipinski definition) is 1. The van der Waals surface area contributed by atoms with Gasteiger partial charge in [0.1, 0.15) is 0 Å². The minimum atomic E-state index is 0.726. The van der Waals surface area contributed by atoms with Gasteiger partial charge in [-0.15, -0.1) is 0 Å². The maximum absolute atomic E-state index is 6.36. The second kappa shape index (κ2) is 14.8. The second-order valence-electron chi connectivity index (χ2n) is 13.5. The van der Waals surface area contributed by atoms with Gasteiger partial charge in [-0.3, -0.25) is 0 Å². The molecule has 9 aromatic rings. The number of fused-ring (bicyclic) bond motifs is 1. The topological polar surface area (TPSA) is 3.24 Å². The monoisotopic (exact) mass is 709 g/mol. The van der Waals surface area contributed by atoms with Crippen LogP contribution in [-0.2, 0) is 0 Å². The van der Waals surface area contributed by atoms with Gasteiger partial charge in [0.2, 0.25) is 0 Å². The summed E-state index contributed by atoms with van der Waals surface area (Å²) in [6.45, 7) is 0. The third-order valence-corrected chi connectivity index (χ3v) is 10.4. The van der Waals surface area contributed by atoms with E-state index in [1.54, 1.807) is 0 Å². The lowest BCUT2D eigenvalue weighted by Gasteiger charge is -2.28. The molecule has 0 aliphatic carbocycles. The van der Waals surface area contributed by atoms with E-state index in [2.05, 4.69) is 211 Å². The zero-order valence-electron chi connectivity index (χ0n) is 29.6. The average molecular weight is 710 g/mol. The molecular formula is C52H36ClN. The number of anilines is 3. The molecule has 9 aromatic carbocycles. The molecule has 0 bridgehead atoms. The average Bonchev–Trinajstić information content (AvgIpc) is 3.25. The molecule has 9 rings (SSSR count). The van der Waals surface area contributed by atoms with Gasteiger partial charge in [-0.25, -0.2) is 0 Å². The van der Waals surface area contributed by atoms with Crippen molar-refractivity contribution in [2.75, 3.05) is 4.90 Å². The number of halogens is 1. The zero-order chi connectivity index (χ0) is 36.3. The van der Waals surface area contributed by atoms with Crippen molar-refractivity contribution in [3.8, 4) is 55.6 Å². The Hall–Kier alpha value is -6.67. The Balaban J connectivity index is 1.24. The highest BCUT2D eigenvalue weighted by Gasteiger charge is 2.20. The molecule has 0 heterocycles. The van der Waals surface area contributed by atoms with Gasteiger partial charge >= 0.3 is 0 Å². The molecule has 0 unspecified atom stereocenters. The van der Waals surface area contributed by atoms with Gasteiger partial charge in [0, 0.05) is 22.0 Å². The maximum Gasteiger partial charge on any atom is 0.0546 e. The molecule has 0 saturated carbocycles. The van der Waals surface area contributed by atoms with E-state index >= 15 is 0 Å². The predicted octanol–water partition coefficient (Wildman–Crippen LogP) is 15.3. The summed E-state index contributed by atoms with van der Waals surface area (Å²) >= 11 is 6.36. The van der Waals surface area contributed by atoms with Crippen LogP contribution >= 0.6 is 11.6 Å². The Morgan fingerprint density at radius 2 is 0.630 bits per heavy atom. The molecule has 0 atom stereocenters. The van der Waals surface area contributed by atoms with E-state index in [9.17, 15) is 0 Å². The van der Waals surface area contributed by atoms with E-state index in [4.69, 9.17) is 11.6 Å². The Kier molecular flexibility index (Phi) is 9.07. The summed E-state index contributed by atoms with van der Waals surface area (Å²) in [5.41, 5.74) is 15.0. The molecule has 0 aliphatic rings. The minimum absolute atomic E-state index is 0.726. The van der Waals surface area contributed by atoms with Gasteiger partial charge < -0.3 is 4.90 Å². The molecular weight excluding hydrogens is 674 g/mol. The first-order valence-corrected chi connectivity index (χ1v) is 18.7. The fraction of sp³-hybridized carbons (Fsp3) is 0. The summed E-state index contributed by atoms with van der Waals surface area (Å²) in [7, 11) is 0. The molecule has 0 saturated heterocycles. The van der Waals surface area contributed by atoms with Crippen molar-refractivity contribution in [1.29, 1.82) is 0 Å². The Morgan fingerprint density at radius 1 is 0.278 bits per heavy atom. The van der Waals surface area contributed by atoms with Crippen molar-refractivity contribution in [1.82, 2.24) is 0 Å². The molecule has 54 heavy (non-hydrogen) atoms. The summed E-state index contributed by atoms with van der Waals surface area (Å²) in [6.07, 6.45) is 0. The van der Waals surface area contributed by atoms with Crippen LogP contribution in [0.4, 0.5) is 17.1 Å². The molecule has 0 aliphatic heterocycles. The fourth-order valence-electron chi connectivity index (χ4n) is 7.48. The SMILES string of the molecule is Clc1ccc(-c2cc(-c3ccccc3)c(-c3ccc(N(c4ccccc4)c4cc5ccccc5cc4-c4ccccc4)cc3)cc2-c2ccccc2)cc1. The standard InChI is InChI=1S/C52H36ClN/c53-44-29-25-40(26-30-44)49-35-48(38-17-7-2-8-18-38)50(36-47(49)37-15-5-1-6-16-37)41-27-31-46(32-28-41)54(45-23-11-4-12-24-45)52-34-43-22-14-13-21-42(43)33-51(52)39-19-9-3-10-20-39/h1-36H. The lowest BCUT2D eigenvalue weighted by atomic mass is 9.85. The summed E-state index contributed by atoms with van der Waals surface area (Å²) in [5, 5.41) is 3.14. The van der Waals surface area contributed by atoms with E-state index in [1.807, 2.05) is 12.1 Å². The van der Waals surface area contributed by atoms with Crippen LogP contribution in [0.1, 0.15) is 0 Å². The van der Waals surface area contributed by atoms with E-state index in [0.29, 0.717) is 0 Å². The smallest absolute Gasteiger partial charge is 0.0546 e. The van der Waals surface area contributed by atoms with Crippen molar-refractivity contribution < 1.29 is 0 Å². The number of rotatable bonds is 8. The van der Waals surface area contributed by atoms with Gasteiger partial charge in [-0.05, 0) is 122 Å². The van der Waals surface area contributed by atoms with E-state index in [-0.39, 0.29) is 0 Å². The van der Waals surface area contributed by atoms with Crippen LogP contribution < -0.4 is 4.90 Å². The van der Waals surface area contributed by atoms with E-state index in [1.165, 1.54) is 49.7 Å². The van der Waals surface area contributed by atoms with Crippen LogP contribution in [0.3, 0.4) is 0 Å². The highest BCUT2D eigenvalue weighted by molar-refractivity contribution is 6.30. The minimum Gasteiger partial charge on any atom is -0.310 e. The van der Waals surface area contributed by atoms with E-state index in [0.717, 1.165) is 38.8 Å². The van der Waals surface area contributed by atoms with Gasteiger partial charge in [0.15, 0.2) is 0 Å². The molecule has 0 N–H and O–H groups in total. The van der Waals surface area contributed by atoms with Crippen molar-refractivity contribution in [3.05, 3.63) is 223 Å². The lowest BCUT2D eigenvalue weighted by molar-refractivity contribution is 1.29. The van der Waals surface area contributed by atoms with Crippen LogP contribution in [0.15, 0.2) is 218 Å². The van der Waals surface area contributed by atoms with Crippen molar-refractivity contribution in [2.45, 2.75) is 0 Å². The largest absolute Gasteiger partial charge is 0.310 e. The summed E-state index contributed by atoms with van der Waals surface area (Å²) in [6, 6.07) is 77.9. The van der Waals surface area contributed by atoms with Crippen molar-refractivity contribution in [2.24, 2.45) is 0 Å². The number of benzene rings is 9. The van der Waals surface area contributed by atoms with E-state index < -0.39 is 0 Å². The molecule has 0 fully saturated rings. The van der Waals surface area contributed by atoms with Crippen molar-refractivity contribution >= 4 is 39.4 Å². The Bertz CT molecular complexity index is 2670. The quantitative estimate of drug-likeness (QED) is 0.152. The number of para-hydroxylation sites is 1. The van der Waals surface area contributed by atoms with Gasteiger partial charge in [0.05, 0.1) is 5.69 Å². The molecule has 0 aromatic heterocycles. The highest BCUT2D eigenvalue weighted by atomic mass is 35.5. The second-order valence-corrected chi connectivity index (χ2v) is 13.9. The van der Waals surface area contributed by atoms with Gasteiger partial charge in [0.25, 0.3) is 0 Å². The zero-order valence-corrected chi connectivity index (χ0v) is 30.4. The fourth-order valence-corrected chi connectivity index (χ4v) is 7.60. The normalized spacial score (nSPS) is 11.1. The van der Waals surface area contributed by atoms with Crippen LogP contribution in [0.5, 0.6) is 0 Å². The van der Waals surface area contributed by atoms with Gasteiger partial charge in [-0.1, -0.05) is 169 Å². The first-order valence-electron chi connectivity index (χ1n) is 18.3. The molecule has 256 valence electrons.